The van der Waals surface area contributed by atoms with Crippen LogP contribution in [0.5, 0.6) is 0 Å². The number of anilines is 1. The van der Waals surface area contributed by atoms with Gasteiger partial charge in [-0.05, 0) is 42.0 Å². The second-order valence-electron chi connectivity index (χ2n) is 6.56. The van der Waals surface area contributed by atoms with Crippen LogP contribution < -0.4 is 5.32 Å². The van der Waals surface area contributed by atoms with Crippen molar-refractivity contribution in [3.63, 3.8) is 0 Å². The molecule has 0 unspecified atom stereocenters. The van der Waals surface area contributed by atoms with Gasteiger partial charge in [0.25, 0.3) is 5.91 Å². The molecule has 6 heteroatoms. The number of carbonyl (C=O) groups excluding carboxylic acids is 3. The van der Waals surface area contributed by atoms with Crippen molar-refractivity contribution in [2.75, 3.05) is 18.4 Å². The number of likely N-dealkylation sites (tertiary alicyclic amines) is 1. The van der Waals surface area contributed by atoms with Crippen LogP contribution >= 0.6 is 11.3 Å². The molecule has 2 amide bonds. The minimum Gasteiger partial charge on any atom is -0.338 e. The predicted octanol–water partition coefficient (Wildman–Crippen LogP) is 3.37. The smallest absolute Gasteiger partial charge is 0.263 e. The number of thiophene rings is 1. The van der Waals surface area contributed by atoms with Gasteiger partial charge in [-0.25, -0.2) is 0 Å². The van der Waals surface area contributed by atoms with Crippen molar-refractivity contribution in [3.8, 4) is 0 Å². The Labute approximate surface area is 157 Å². The third-order valence-electron chi connectivity index (χ3n) is 4.62. The molecule has 1 N–H and O–H groups in total. The minimum atomic E-state index is -0.113. The van der Waals surface area contributed by atoms with Crippen LogP contribution in [0, 0.1) is 5.92 Å². The number of hydrogen-bond acceptors (Lipinski definition) is 4. The number of Topliss-reactive ketones (excluding diaryl/α,β-unsaturated/α-hetero) is 1. The molecule has 136 valence electrons. The summed E-state index contributed by atoms with van der Waals surface area (Å²) in [4.78, 5) is 38.6. The van der Waals surface area contributed by atoms with Crippen LogP contribution in [0.4, 0.5) is 5.69 Å². The second-order valence-corrected chi connectivity index (χ2v) is 7.51. The number of piperidine rings is 1. The molecule has 0 aliphatic carbocycles. The van der Waals surface area contributed by atoms with Crippen LogP contribution in [0.3, 0.4) is 0 Å². The number of nitrogens with one attached hydrogen (secondary N) is 1. The standard InChI is InChI=1S/C20H22N2O3S/c1-14(23)21-17-6-4-15(5-7-17)13-18(24)16-8-10-22(11-9-16)20(25)19-3-2-12-26-19/h2-7,12,16H,8-11,13H2,1H3,(H,21,23). The van der Waals surface area contributed by atoms with E-state index in [0.29, 0.717) is 19.5 Å². The van der Waals surface area contributed by atoms with Gasteiger partial charge in [0.1, 0.15) is 5.78 Å². The van der Waals surface area contributed by atoms with E-state index in [1.807, 2.05) is 46.7 Å². The van der Waals surface area contributed by atoms with Crippen molar-refractivity contribution in [2.45, 2.75) is 26.2 Å². The minimum absolute atomic E-state index is 0.0115. The lowest BCUT2D eigenvalue weighted by atomic mass is 9.89. The lowest BCUT2D eigenvalue weighted by Crippen LogP contribution is -2.40. The highest BCUT2D eigenvalue weighted by Gasteiger charge is 2.27. The molecule has 0 spiro atoms. The highest BCUT2D eigenvalue weighted by Crippen LogP contribution is 2.23. The van der Waals surface area contributed by atoms with Crippen molar-refractivity contribution < 1.29 is 14.4 Å². The zero-order chi connectivity index (χ0) is 18.5. The topological polar surface area (TPSA) is 66.5 Å². The number of rotatable bonds is 5. The molecule has 0 radical (unpaired) electrons. The fourth-order valence-corrected chi connectivity index (χ4v) is 3.91. The zero-order valence-electron chi connectivity index (χ0n) is 14.7. The van der Waals surface area contributed by atoms with Crippen molar-refractivity contribution in [2.24, 2.45) is 5.92 Å². The van der Waals surface area contributed by atoms with E-state index in [1.165, 1.54) is 18.3 Å². The molecule has 1 aliphatic heterocycles. The normalized spacial score (nSPS) is 14.9. The molecule has 1 aliphatic rings. The lowest BCUT2D eigenvalue weighted by molar-refractivity contribution is -0.123. The Balaban J connectivity index is 1.50. The van der Waals surface area contributed by atoms with E-state index in [9.17, 15) is 14.4 Å². The van der Waals surface area contributed by atoms with Gasteiger partial charge in [-0.3, -0.25) is 14.4 Å². The first kappa shape index (κ1) is 18.3. The van der Waals surface area contributed by atoms with Gasteiger partial charge < -0.3 is 10.2 Å². The summed E-state index contributed by atoms with van der Waals surface area (Å²) in [6.45, 7) is 2.73. The Kier molecular flexibility index (Phi) is 5.83. The van der Waals surface area contributed by atoms with Crippen LogP contribution in [0.2, 0.25) is 0 Å². The maximum atomic E-state index is 12.6. The fraction of sp³-hybridized carbons (Fsp3) is 0.350. The molecule has 0 atom stereocenters. The van der Waals surface area contributed by atoms with Crippen molar-refractivity contribution in [3.05, 3.63) is 52.2 Å². The van der Waals surface area contributed by atoms with Gasteiger partial charge in [-0.1, -0.05) is 18.2 Å². The molecule has 0 saturated carbocycles. The molecule has 1 saturated heterocycles. The van der Waals surface area contributed by atoms with E-state index < -0.39 is 0 Å². The Hall–Kier alpha value is -2.47. The fourth-order valence-electron chi connectivity index (χ4n) is 3.22. The van der Waals surface area contributed by atoms with Gasteiger partial charge in [0.05, 0.1) is 4.88 Å². The molecular formula is C20H22N2O3S. The third-order valence-corrected chi connectivity index (χ3v) is 5.48. The first-order chi connectivity index (χ1) is 12.5. The van der Waals surface area contributed by atoms with Crippen LogP contribution in [0.25, 0.3) is 0 Å². The van der Waals surface area contributed by atoms with Crippen molar-refractivity contribution >= 4 is 34.6 Å². The summed E-state index contributed by atoms with van der Waals surface area (Å²) in [5.41, 5.74) is 1.68. The van der Waals surface area contributed by atoms with Gasteiger partial charge in [0.15, 0.2) is 0 Å². The van der Waals surface area contributed by atoms with Gasteiger partial charge >= 0.3 is 0 Å². The molecule has 26 heavy (non-hydrogen) atoms. The molecule has 3 rings (SSSR count). The Bertz CT molecular complexity index is 776. The quantitative estimate of drug-likeness (QED) is 0.877. The largest absolute Gasteiger partial charge is 0.338 e. The Morgan fingerprint density at radius 3 is 2.38 bits per heavy atom. The number of amides is 2. The van der Waals surface area contributed by atoms with Crippen molar-refractivity contribution in [1.82, 2.24) is 4.90 Å². The van der Waals surface area contributed by atoms with E-state index in [1.54, 1.807) is 0 Å². The molecule has 5 nitrogen and oxygen atoms in total. The second kappa shape index (κ2) is 8.27. The summed E-state index contributed by atoms with van der Waals surface area (Å²) < 4.78 is 0. The summed E-state index contributed by atoms with van der Waals surface area (Å²) in [5.74, 6) is 0.190. The zero-order valence-corrected chi connectivity index (χ0v) is 15.6. The number of hydrogen-bond donors (Lipinski definition) is 1. The summed E-state index contributed by atoms with van der Waals surface area (Å²) in [7, 11) is 0. The third kappa shape index (κ3) is 4.58. The summed E-state index contributed by atoms with van der Waals surface area (Å²) in [5, 5.41) is 4.62. The summed E-state index contributed by atoms with van der Waals surface area (Å²) >= 11 is 1.45. The molecule has 1 aromatic heterocycles. The maximum absolute atomic E-state index is 12.6. The average molecular weight is 370 g/mol. The highest BCUT2D eigenvalue weighted by atomic mass is 32.1. The SMILES string of the molecule is CC(=O)Nc1ccc(CC(=O)C2CCN(C(=O)c3cccs3)CC2)cc1. The first-order valence-electron chi connectivity index (χ1n) is 8.75. The molecule has 2 aromatic rings. The molecule has 0 bridgehead atoms. The highest BCUT2D eigenvalue weighted by molar-refractivity contribution is 7.12. The number of carbonyl (C=O) groups is 3. The average Bonchev–Trinajstić information content (AvgIpc) is 3.17. The maximum Gasteiger partial charge on any atom is 0.263 e. The van der Waals surface area contributed by atoms with Gasteiger partial charge in [0.2, 0.25) is 5.91 Å². The molecule has 1 aromatic carbocycles. The van der Waals surface area contributed by atoms with Gasteiger partial charge in [-0.2, -0.15) is 0 Å². The van der Waals surface area contributed by atoms with Crippen LogP contribution in [-0.2, 0) is 16.0 Å². The Morgan fingerprint density at radius 1 is 1.12 bits per heavy atom. The van der Waals surface area contributed by atoms with Crippen LogP contribution in [0.15, 0.2) is 41.8 Å². The number of benzene rings is 1. The Morgan fingerprint density at radius 2 is 1.81 bits per heavy atom. The van der Waals surface area contributed by atoms with E-state index in [-0.39, 0.29) is 23.5 Å². The van der Waals surface area contributed by atoms with E-state index in [0.717, 1.165) is 29.0 Å². The summed E-state index contributed by atoms with van der Waals surface area (Å²) in [6, 6.07) is 11.1. The van der Waals surface area contributed by atoms with E-state index in [2.05, 4.69) is 5.32 Å². The first-order valence-corrected chi connectivity index (χ1v) is 9.63. The van der Waals surface area contributed by atoms with Gasteiger partial charge in [0, 0.05) is 38.0 Å². The van der Waals surface area contributed by atoms with E-state index >= 15 is 0 Å². The van der Waals surface area contributed by atoms with Crippen LogP contribution in [-0.4, -0.2) is 35.6 Å². The van der Waals surface area contributed by atoms with Crippen LogP contribution in [0.1, 0.15) is 35.0 Å². The molecule has 2 heterocycles. The summed E-state index contributed by atoms with van der Waals surface area (Å²) in [6.07, 6.45) is 1.84. The molecular weight excluding hydrogens is 348 g/mol. The monoisotopic (exact) mass is 370 g/mol. The predicted molar refractivity (Wildman–Crippen MR) is 102 cm³/mol. The van der Waals surface area contributed by atoms with E-state index in [4.69, 9.17) is 0 Å². The molecule has 1 fully saturated rings. The van der Waals surface area contributed by atoms with Crippen molar-refractivity contribution in [1.29, 1.82) is 0 Å². The number of nitrogens with zero attached hydrogens (tertiary/aromatic N) is 1. The van der Waals surface area contributed by atoms with Gasteiger partial charge in [-0.15, -0.1) is 11.3 Å². The number of ketones is 1. The lowest BCUT2D eigenvalue weighted by Gasteiger charge is -2.31.